The van der Waals surface area contributed by atoms with E-state index in [-0.39, 0.29) is 31.0 Å². The van der Waals surface area contributed by atoms with E-state index >= 15 is 0 Å². The van der Waals surface area contributed by atoms with Crippen molar-refractivity contribution in [3.8, 4) is 6.07 Å². The second-order valence-electron chi connectivity index (χ2n) is 7.42. The summed E-state index contributed by atoms with van der Waals surface area (Å²) >= 11 is 0. The molecule has 0 amide bonds. The van der Waals surface area contributed by atoms with Crippen molar-refractivity contribution in [1.29, 1.82) is 5.26 Å². The molecule has 0 spiro atoms. The number of halogens is 3. The molecule has 0 saturated heterocycles. The van der Waals surface area contributed by atoms with E-state index in [0.717, 1.165) is 0 Å². The molecule has 1 unspecified atom stereocenters. The molecule has 0 aromatic rings. The van der Waals surface area contributed by atoms with Crippen LogP contribution in [0.25, 0.3) is 0 Å². The lowest BCUT2D eigenvalue weighted by Crippen LogP contribution is -2.60. The Bertz CT molecular complexity index is 508. The van der Waals surface area contributed by atoms with Gasteiger partial charge >= 0.3 is 6.18 Å². The zero-order valence-corrected chi connectivity index (χ0v) is 12.4. The summed E-state index contributed by atoms with van der Waals surface area (Å²) in [6, 6.07) is 1.92. The van der Waals surface area contributed by atoms with Crippen molar-refractivity contribution >= 4 is 5.78 Å². The number of nitriles is 1. The lowest BCUT2D eigenvalue weighted by molar-refractivity contribution is -0.290. The highest BCUT2D eigenvalue weighted by atomic mass is 19.4. The molecule has 3 nitrogen and oxygen atoms in total. The fourth-order valence-corrected chi connectivity index (χ4v) is 4.58. The van der Waals surface area contributed by atoms with Crippen molar-refractivity contribution in [2.24, 2.45) is 22.7 Å². The van der Waals surface area contributed by atoms with Crippen molar-refractivity contribution in [3.05, 3.63) is 0 Å². The van der Waals surface area contributed by atoms with Crippen molar-refractivity contribution in [2.75, 3.05) is 0 Å². The Morgan fingerprint density at radius 2 is 1.90 bits per heavy atom. The normalized spacial score (nSPS) is 43.0. The number of carbonyl (C=O) groups excluding carboxylic acids is 1. The number of rotatable bonds is 0. The van der Waals surface area contributed by atoms with Crippen LogP contribution in [0.1, 0.15) is 46.5 Å². The van der Waals surface area contributed by atoms with Gasteiger partial charge in [0.25, 0.3) is 0 Å². The van der Waals surface area contributed by atoms with E-state index in [0.29, 0.717) is 0 Å². The molecular formula is C15H20F3NO2. The zero-order chi connectivity index (χ0) is 16.3. The summed E-state index contributed by atoms with van der Waals surface area (Å²) in [5.74, 6) is -1.33. The molecule has 2 fully saturated rings. The molecule has 0 bridgehead atoms. The maximum absolute atomic E-state index is 13.1. The summed E-state index contributed by atoms with van der Waals surface area (Å²) in [7, 11) is 0. The molecule has 0 aromatic heterocycles. The van der Waals surface area contributed by atoms with Crippen LogP contribution in [-0.2, 0) is 4.79 Å². The minimum atomic E-state index is -4.69. The molecule has 0 heterocycles. The van der Waals surface area contributed by atoms with Crippen LogP contribution >= 0.6 is 0 Å². The molecule has 2 aliphatic carbocycles. The number of ketones is 1. The van der Waals surface area contributed by atoms with E-state index in [1.807, 2.05) is 6.07 Å². The number of hydrogen-bond acceptors (Lipinski definition) is 3. The van der Waals surface area contributed by atoms with Crippen LogP contribution in [0.4, 0.5) is 13.2 Å². The molecule has 0 radical (unpaired) electrons. The van der Waals surface area contributed by atoms with Gasteiger partial charge in [-0.3, -0.25) is 4.79 Å². The van der Waals surface area contributed by atoms with Gasteiger partial charge in [0, 0.05) is 5.41 Å². The number of fused-ring (bicyclic) bond motifs is 1. The Hall–Kier alpha value is -1.09. The summed E-state index contributed by atoms with van der Waals surface area (Å²) in [5.41, 5.74) is -4.41. The molecule has 2 rings (SSSR count). The largest absolute Gasteiger partial charge is 0.417 e. The molecular weight excluding hydrogens is 283 g/mol. The predicted octanol–water partition coefficient (Wildman–Crippen LogP) is 3.22. The number of hydrogen-bond donors (Lipinski definition) is 1. The minimum Gasteiger partial charge on any atom is -0.380 e. The first kappa shape index (κ1) is 16.3. The summed E-state index contributed by atoms with van der Waals surface area (Å²) in [6.45, 7) is 5.09. The van der Waals surface area contributed by atoms with Crippen molar-refractivity contribution in [2.45, 2.75) is 58.2 Å². The first-order valence-corrected chi connectivity index (χ1v) is 7.10. The van der Waals surface area contributed by atoms with Crippen molar-refractivity contribution in [3.63, 3.8) is 0 Å². The Balaban J connectivity index is 2.42. The second-order valence-corrected chi connectivity index (χ2v) is 7.42. The number of aliphatic hydroxyl groups is 1. The molecule has 6 heteroatoms. The molecule has 0 aliphatic heterocycles. The number of carbonyl (C=O) groups is 1. The van der Waals surface area contributed by atoms with Gasteiger partial charge in [0.1, 0.15) is 5.92 Å². The highest BCUT2D eigenvalue weighted by molar-refractivity contribution is 5.89. The topological polar surface area (TPSA) is 61.1 Å². The van der Waals surface area contributed by atoms with E-state index in [2.05, 4.69) is 0 Å². The lowest BCUT2D eigenvalue weighted by Gasteiger charge is -2.57. The van der Waals surface area contributed by atoms with Gasteiger partial charge in [-0.25, -0.2) is 0 Å². The Morgan fingerprint density at radius 3 is 2.38 bits per heavy atom. The first-order valence-electron chi connectivity index (χ1n) is 7.10. The van der Waals surface area contributed by atoms with Gasteiger partial charge in [0.2, 0.25) is 0 Å². The second kappa shape index (κ2) is 4.45. The van der Waals surface area contributed by atoms with Gasteiger partial charge in [-0.15, -0.1) is 0 Å². The first-order chi connectivity index (χ1) is 9.37. The zero-order valence-electron chi connectivity index (χ0n) is 12.4. The van der Waals surface area contributed by atoms with Gasteiger partial charge in [-0.1, -0.05) is 20.8 Å². The number of alkyl halides is 3. The van der Waals surface area contributed by atoms with Gasteiger partial charge < -0.3 is 5.11 Å². The van der Waals surface area contributed by atoms with Crippen LogP contribution in [0, 0.1) is 34.0 Å². The maximum Gasteiger partial charge on any atom is 0.417 e. The van der Waals surface area contributed by atoms with E-state index in [4.69, 9.17) is 5.26 Å². The molecule has 1 N–H and O–H groups in total. The maximum atomic E-state index is 13.1. The monoisotopic (exact) mass is 303 g/mol. The van der Waals surface area contributed by atoms with Crippen LogP contribution in [0.15, 0.2) is 0 Å². The highest BCUT2D eigenvalue weighted by Crippen LogP contribution is 2.61. The van der Waals surface area contributed by atoms with Crippen molar-refractivity contribution in [1.82, 2.24) is 0 Å². The van der Waals surface area contributed by atoms with Crippen LogP contribution in [0.2, 0.25) is 0 Å². The van der Waals surface area contributed by atoms with Crippen LogP contribution in [0.5, 0.6) is 0 Å². The summed E-state index contributed by atoms with van der Waals surface area (Å²) in [5, 5.41) is 19.1. The van der Waals surface area contributed by atoms with E-state index in [1.165, 1.54) is 0 Å². The molecule has 4 atom stereocenters. The summed E-state index contributed by atoms with van der Waals surface area (Å²) in [6.07, 6.45) is -5.28. The molecule has 2 aliphatic rings. The minimum absolute atomic E-state index is 0.0921. The van der Waals surface area contributed by atoms with Crippen molar-refractivity contribution < 1.29 is 23.1 Å². The Morgan fingerprint density at radius 1 is 1.33 bits per heavy atom. The summed E-state index contributed by atoms with van der Waals surface area (Å²) < 4.78 is 39.4. The third-order valence-electron chi connectivity index (χ3n) is 5.56. The van der Waals surface area contributed by atoms with Gasteiger partial charge in [0.15, 0.2) is 11.4 Å². The fraction of sp³-hybridized carbons (Fsp3) is 0.867. The molecule has 21 heavy (non-hydrogen) atoms. The smallest absolute Gasteiger partial charge is 0.380 e. The molecule has 0 aromatic carbocycles. The van der Waals surface area contributed by atoms with E-state index in [1.54, 1.807) is 20.8 Å². The quantitative estimate of drug-likeness (QED) is 0.747. The van der Waals surface area contributed by atoms with Crippen LogP contribution in [-0.4, -0.2) is 22.7 Å². The Kier molecular flexibility index (Phi) is 3.45. The molecule has 118 valence electrons. The predicted molar refractivity (Wildman–Crippen MR) is 69.0 cm³/mol. The fourth-order valence-electron chi connectivity index (χ4n) is 4.58. The average molecular weight is 303 g/mol. The average Bonchev–Trinajstić information content (AvgIpc) is 2.32. The third kappa shape index (κ3) is 2.26. The van der Waals surface area contributed by atoms with E-state index in [9.17, 15) is 23.1 Å². The van der Waals surface area contributed by atoms with E-state index < -0.39 is 34.9 Å². The van der Waals surface area contributed by atoms with Gasteiger partial charge in [-0.2, -0.15) is 18.4 Å². The lowest BCUT2D eigenvalue weighted by atomic mass is 9.47. The van der Waals surface area contributed by atoms with Gasteiger partial charge in [-0.05, 0) is 37.0 Å². The van der Waals surface area contributed by atoms with Gasteiger partial charge in [0.05, 0.1) is 6.07 Å². The third-order valence-corrected chi connectivity index (χ3v) is 5.56. The number of nitrogens with zero attached hydrogens (tertiary/aromatic N) is 1. The number of Topliss-reactive ketones (excluding diaryl/α,β-unsaturated/α-hetero) is 1. The Labute approximate surface area is 122 Å². The van der Waals surface area contributed by atoms with Crippen LogP contribution in [0.3, 0.4) is 0 Å². The van der Waals surface area contributed by atoms with Crippen LogP contribution < -0.4 is 0 Å². The standard InChI is InChI=1S/C15H20F3NO2/c1-12(2)10-4-5-14(21,15(16,17)18)8-13(10,3)6-9(7-19)11(12)20/h9-10,21H,4-6,8H2,1-3H3/t9?,10-,13+,14-/m0/s1. The SMILES string of the molecule is CC1(C)C(=O)C(C#N)C[C@]2(C)C[C@](O)(C(F)(F)F)CC[C@@H]12. The molecule has 2 saturated carbocycles. The highest BCUT2D eigenvalue weighted by Gasteiger charge is 2.65. The summed E-state index contributed by atoms with van der Waals surface area (Å²) in [4.78, 5) is 12.3.